The second kappa shape index (κ2) is 5.33. The first-order chi connectivity index (χ1) is 8.61. The van der Waals surface area contributed by atoms with Gasteiger partial charge in [0.25, 0.3) is 5.91 Å². The maximum absolute atomic E-state index is 12.3. The summed E-state index contributed by atoms with van der Waals surface area (Å²) < 4.78 is 29.6. The van der Waals surface area contributed by atoms with Gasteiger partial charge >= 0.3 is 6.43 Å². The third kappa shape index (κ3) is 2.97. The highest BCUT2D eigenvalue weighted by atomic mass is 19.3. The number of alkyl halides is 2. The van der Waals surface area contributed by atoms with Crippen molar-refractivity contribution in [2.45, 2.75) is 25.3 Å². The fourth-order valence-electron chi connectivity index (χ4n) is 1.93. The molecule has 0 saturated heterocycles. The predicted molar refractivity (Wildman–Crippen MR) is 62.6 cm³/mol. The summed E-state index contributed by atoms with van der Waals surface area (Å²) in [5.74, 6) is -0.239. The maximum Gasteiger partial charge on any atom is 0.315 e. The highest BCUT2D eigenvalue weighted by Crippen LogP contribution is 2.41. The summed E-state index contributed by atoms with van der Waals surface area (Å²) in [6.07, 6.45) is -1.05. The first-order valence-corrected chi connectivity index (χ1v) is 5.84. The third-order valence-electron chi connectivity index (χ3n) is 3.06. The monoisotopic (exact) mass is 255 g/mol. The molecular weight excluding hydrogens is 240 g/mol. The standard InChI is InChI=1S/C13H15F2NO2/c1-18-10-6-4-9(5-7-10)11(8-2-3-8)16-13(17)12(14)15/h4-8,11-12H,2-3H2,1H3,(H,16,17). The van der Waals surface area contributed by atoms with Gasteiger partial charge in [0.1, 0.15) is 5.75 Å². The molecule has 1 aromatic rings. The Balaban J connectivity index is 2.11. The van der Waals surface area contributed by atoms with Gasteiger partial charge in [0, 0.05) is 0 Å². The molecule has 0 spiro atoms. The van der Waals surface area contributed by atoms with Crippen molar-refractivity contribution in [2.24, 2.45) is 5.92 Å². The minimum atomic E-state index is -2.97. The van der Waals surface area contributed by atoms with E-state index in [1.807, 2.05) is 0 Å². The zero-order chi connectivity index (χ0) is 13.1. The number of nitrogens with one attached hydrogen (secondary N) is 1. The maximum atomic E-state index is 12.3. The number of methoxy groups -OCH3 is 1. The van der Waals surface area contributed by atoms with Crippen LogP contribution in [0.5, 0.6) is 5.75 Å². The molecule has 0 heterocycles. The first kappa shape index (κ1) is 12.8. The molecule has 1 atom stereocenters. The van der Waals surface area contributed by atoms with Crippen molar-refractivity contribution >= 4 is 5.91 Å². The number of hydrogen-bond donors (Lipinski definition) is 1. The van der Waals surface area contributed by atoms with Gasteiger partial charge in [-0.15, -0.1) is 0 Å². The van der Waals surface area contributed by atoms with Gasteiger partial charge in [0.15, 0.2) is 0 Å². The number of carbonyl (C=O) groups excluding carboxylic acids is 1. The van der Waals surface area contributed by atoms with Gasteiger partial charge < -0.3 is 10.1 Å². The van der Waals surface area contributed by atoms with E-state index in [0.717, 1.165) is 18.4 Å². The average molecular weight is 255 g/mol. The third-order valence-corrected chi connectivity index (χ3v) is 3.06. The molecule has 0 aromatic heterocycles. The number of benzene rings is 1. The number of ether oxygens (including phenoxy) is 1. The van der Waals surface area contributed by atoms with Crippen molar-refractivity contribution in [3.8, 4) is 5.75 Å². The summed E-state index contributed by atoms with van der Waals surface area (Å²) in [6, 6.07) is 6.80. The molecule has 1 saturated carbocycles. The van der Waals surface area contributed by atoms with Crippen molar-refractivity contribution in [1.29, 1.82) is 0 Å². The molecule has 1 fully saturated rings. The lowest BCUT2D eigenvalue weighted by atomic mass is 10.0. The van der Waals surface area contributed by atoms with E-state index in [0.29, 0.717) is 5.75 Å². The molecule has 5 heteroatoms. The van der Waals surface area contributed by atoms with Crippen molar-refractivity contribution in [3.05, 3.63) is 29.8 Å². The highest BCUT2D eigenvalue weighted by molar-refractivity contribution is 5.79. The molecule has 1 aliphatic rings. The van der Waals surface area contributed by atoms with E-state index in [9.17, 15) is 13.6 Å². The zero-order valence-corrected chi connectivity index (χ0v) is 10.0. The number of carbonyl (C=O) groups is 1. The Bertz CT molecular complexity index is 416. The molecule has 1 aromatic carbocycles. The topological polar surface area (TPSA) is 38.3 Å². The summed E-state index contributed by atoms with van der Waals surface area (Å²) in [6.45, 7) is 0. The molecular formula is C13H15F2NO2. The van der Waals surface area contributed by atoms with Crippen molar-refractivity contribution in [2.75, 3.05) is 7.11 Å². The molecule has 3 nitrogen and oxygen atoms in total. The van der Waals surface area contributed by atoms with E-state index in [-0.39, 0.29) is 12.0 Å². The van der Waals surface area contributed by atoms with E-state index in [1.54, 1.807) is 31.4 Å². The van der Waals surface area contributed by atoms with Crippen LogP contribution in [0.3, 0.4) is 0 Å². The predicted octanol–water partition coefficient (Wildman–Crippen LogP) is 2.53. The summed E-state index contributed by atoms with van der Waals surface area (Å²) >= 11 is 0. The lowest BCUT2D eigenvalue weighted by Gasteiger charge is -2.18. The van der Waals surface area contributed by atoms with Crippen LogP contribution in [0.15, 0.2) is 24.3 Å². The second-order valence-corrected chi connectivity index (χ2v) is 4.40. The Morgan fingerprint density at radius 1 is 1.33 bits per heavy atom. The summed E-state index contributed by atoms with van der Waals surface area (Å²) in [4.78, 5) is 11.1. The molecule has 0 bridgehead atoms. The number of amides is 1. The van der Waals surface area contributed by atoms with Crippen LogP contribution in [0, 0.1) is 5.92 Å². The highest BCUT2D eigenvalue weighted by Gasteiger charge is 2.34. The van der Waals surface area contributed by atoms with Crippen LogP contribution >= 0.6 is 0 Å². The Kier molecular flexibility index (Phi) is 3.79. The van der Waals surface area contributed by atoms with Gasteiger partial charge in [-0.25, -0.2) is 0 Å². The van der Waals surface area contributed by atoms with Crippen LogP contribution in [0.4, 0.5) is 8.78 Å². The minimum Gasteiger partial charge on any atom is -0.497 e. The van der Waals surface area contributed by atoms with Gasteiger partial charge in [-0.05, 0) is 36.5 Å². The Morgan fingerprint density at radius 3 is 2.39 bits per heavy atom. The SMILES string of the molecule is COc1ccc(C(NC(=O)C(F)F)C2CC2)cc1. The number of halogens is 2. The van der Waals surface area contributed by atoms with Gasteiger partial charge in [0.2, 0.25) is 0 Å². The Labute approximate surface area is 104 Å². The molecule has 2 rings (SSSR count). The quantitative estimate of drug-likeness (QED) is 0.878. The van der Waals surface area contributed by atoms with Gasteiger partial charge in [-0.3, -0.25) is 4.79 Å². The van der Waals surface area contributed by atoms with Gasteiger partial charge in [0.05, 0.1) is 13.2 Å². The summed E-state index contributed by atoms with van der Waals surface area (Å²) in [5.41, 5.74) is 0.840. The van der Waals surface area contributed by atoms with Gasteiger partial charge in [-0.1, -0.05) is 12.1 Å². The average Bonchev–Trinajstić information content (AvgIpc) is 3.20. The summed E-state index contributed by atoms with van der Waals surface area (Å²) in [7, 11) is 1.56. The molecule has 1 unspecified atom stereocenters. The van der Waals surface area contributed by atoms with Gasteiger partial charge in [-0.2, -0.15) is 8.78 Å². The molecule has 98 valence electrons. The van der Waals surface area contributed by atoms with E-state index < -0.39 is 12.3 Å². The molecule has 1 aliphatic carbocycles. The van der Waals surface area contributed by atoms with Crippen molar-refractivity contribution in [1.82, 2.24) is 5.32 Å². The van der Waals surface area contributed by atoms with Crippen LogP contribution in [0.25, 0.3) is 0 Å². The fourth-order valence-corrected chi connectivity index (χ4v) is 1.93. The first-order valence-electron chi connectivity index (χ1n) is 5.84. The second-order valence-electron chi connectivity index (χ2n) is 4.40. The Hall–Kier alpha value is -1.65. The van der Waals surface area contributed by atoms with Crippen LogP contribution in [-0.2, 0) is 4.79 Å². The molecule has 0 aliphatic heterocycles. The molecule has 18 heavy (non-hydrogen) atoms. The molecule has 0 radical (unpaired) electrons. The van der Waals surface area contributed by atoms with E-state index >= 15 is 0 Å². The fraction of sp³-hybridized carbons (Fsp3) is 0.462. The molecule has 1 amide bonds. The lowest BCUT2D eigenvalue weighted by molar-refractivity contribution is -0.132. The van der Waals surface area contributed by atoms with E-state index in [4.69, 9.17) is 4.74 Å². The summed E-state index contributed by atoms with van der Waals surface area (Å²) in [5, 5.41) is 2.40. The number of hydrogen-bond acceptors (Lipinski definition) is 2. The van der Waals surface area contributed by atoms with Crippen LogP contribution in [-0.4, -0.2) is 19.4 Å². The normalized spacial score (nSPS) is 16.4. The van der Waals surface area contributed by atoms with Crippen LogP contribution in [0.2, 0.25) is 0 Å². The zero-order valence-electron chi connectivity index (χ0n) is 10.0. The number of rotatable bonds is 5. The molecule has 1 N–H and O–H groups in total. The van der Waals surface area contributed by atoms with Crippen molar-refractivity contribution < 1.29 is 18.3 Å². The Morgan fingerprint density at radius 2 is 1.94 bits per heavy atom. The van der Waals surface area contributed by atoms with Crippen molar-refractivity contribution in [3.63, 3.8) is 0 Å². The van der Waals surface area contributed by atoms with E-state index in [1.165, 1.54) is 0 Å². The smallest absolute Gasteiger partial charge is 0.315 e. The largest absolute Gasteiger partial charge is 0.497 e. The van der Waals surface area contributed by atoms with Crippen LogP contribution in [0.1, 0.15) is 24.4 Å². The van der Waals surface area contributed by atoms with E-state index in [2.05, 4.69) is 5.32 Å². The van der Waals surface area contributed by atoms with Crippen LogP contribution < -0.4 is 10.1 Å². The lowest BCUT2D eigenvalue weighted by Crippen LogP contribution is -2.34. The minimum absolute atomic E-state index is 0.265.